The fourth-order valence-electron chi connectivity index (χ4n) is 2.06. The van der Waals surface area contributed by atoms with E-state index >= 15 is 0 Å². The summed E-state index contributed by atoms with van der Waals surface area (Å²) in [6.45, 7) is 8.38. The zero-order valence-electron chi connectivity index (χ0n) is 13.9. The molecule has 0 unspecified atom stereocenters. The van der Waals surface area contributed by atoms with Crippen molar-refractivity contribution in [1.82, 2.24) is 19.9 Å². The quantitative estimate of drug-likeness (QED) is 0.647. The second kappa shape index (κ2) is 7.12. The van der Waals surface area contributed by atoms with Gasteiger partial charge in [0.15, 0.2) is 10.8 Å². The van der Waals surface area contributed by atoms with Gasteiger partial charge in [-0.05, 0) is 39.3 Å². The van der Waals surface area contributed by atoms with Crippen molar-refractivity contribution in [1.29, 1.82) is 0 Å². The molecule has 6 nitrogen and oxygen atoms in total. The van der Waals surface area contributed by atoms with Crippen LogP contribution >= 0.6 is 11.8 Å². The second-order valence-electron chi connectivity index (χ2n) is 5.89. The molecule has 0 bridgehead atoms. The highest BCUT2D eigenvalue weighted by Crippen LogP contribution is 2.17. The van der Waals surface area contributed by atoms with Crippen molar-refractivity contribution in [2.24, 2.45) is 0 Å². The highest BCUT2D eigenvalue weighted by molar-refractivity contribution is 7.99. The van der Waals surface area contributed by atoms with Crippen LogP contribution in [0.5, 0.6) is 0 Å². The zero-order chi connectivity index (χ0) is 17.0. The lowest BCUT2D eigenvalue weighted by atomic mass is 10.0. The van der Waals surface area contributed by atoms with Crippen molar-refractivity contribution in [3.8, 4) is 0 Å². The van der Waals surface area contributed by atoms with Crippen LogP contribution in [-0.4, -0.2) is 31.7 Å². The molecule has 23 heavy (non-hydrogen) atoms. The van der Waals surface area contributed by atoms with E-state index in [4.69, 9.17) is 0 Å². The van der Waals surface area contributed by atoms with E-state index in [2.05, 4.69) is 15.3 Å². The highest BCUT2D eigenvalue weighted by Gasteiger charge is 2.19. The summed E-state index contributed by atoms with van der Waals surface area (Å²) in [5, 5.41) is 3.99. The third-order valence-corrected chi connectivity index (χ3v) is 4.68. The monoisotopic (exact) mass is 334 g/mol. The molecule has 0 spiro atoms. The SMILES string of the molecule is CCn1c(SCC(=O)NC(C)(C)CC)nc2ncccc2c1=O. The molecular formula is C16H22N4O2S. The number of hydrogen-bond acceptors (Lipinski definition) is 5. The molecule has 0 atom stereocenters. The minimum absolute atomic E-state index is 0.0696. The Morgan fingerprint density at radius 2 is 2.13 bits per heavy atom. The zero-order valence-corrected chi connectivity index (χ0v) is 14.7. The van der Waals surface area contributed by atoms with Crippen LogP contribution in [0.2, 0.25) is 0 Å². The number of nitrogens with one attached hydrogen (secondary N) is 1. The van der Waals surface area contributed by atoms with E-state index in [1.807, 2.05) is 27.7 Å². The van der Waals surface area contributed by atoms with E-state index < -0.39 is 0 Å². The lowest BCUT2D eigenvalue weighted by Crippen LogP contribution is -2.43. The summed E-state index contributed by atoms with van der Waals surface area (Å²) in [7, 11) is 0. The van der Waals surface area contributed by atoms with Gasteiger partial charge in [-0.3, -0.25) is 14.2 Å². The van der Waals surface area contributed by atoms with Gasteiger partial charge in [0, 0.05) is 18.3 Å². The van der Waals surface area contributed by atoms with E-state index in [1.54, 1.807) is 22.9 Å². The van der Waals surface area contributed by atoms with Gasteiger partial charge in [-0.25, -0.2) is 9.97 Å². The standard InChI is InChI=1S/C16H22N4O2S/c1-5-16(3,4)19-12(21)10-23-15-18-13-11(8-7-9-17-13)14(22)20(15)6-2/h7-9H,5-6,10H2,1-4H3,(H,19,21). The number of aromatic nitrogens is 3. The average Bonchev–Trinajstić information content (AvgIpc) is 2.53. The van der Waals surface area contributed by atoms with Crippen LogP contribution in [-0.2, 0) is 11.3 Å². The van der Waals surface area contributed by atoms with Gasteiger partial charge in [0.25, 0.3) is 5.56 Å². The number of fused-ring (bicyclic) bond motifs is 1. The lowest BCUT2D eigenvalue weighted by molar-refractivity contribution is -0.120. The number of hydrogen-bond donors (Lipinski definition) is 1. The molecule has 0 radical (unpaired) electrons. The first-order valence-corrected chi connectivity index (χ1v) is 8.66. The summed E-state index contributed by atoms with van der Waals surface area (Å²) in [5.74, 6) is 0.147. The third kappa shape index (κ3) is 4.10. The Balaban J connectivity index is 2.23. The van der Waals surface area contributed by atoms with Crippen molar-refractivity contribution in [2.75, 3.05) is 5.75 Å². The Bertz CT molecular complexity index is 770. The number of carbonyl (C=O) groups is 1. The predicted molar refractivity (Wildman–Crippen MR) is 92.7 cm³/mol. The first kappa shape index (κ1) is 17.5. The van der Waals surface area contributed by atoms with Crippen LogP contribution < -0.4 is 10.9 Å². The van der Waals surface area contributed by atoms with Gasteiger partial charge < -0.3 is 5.32 Å². The molecule has 0 aliphatic rings. The molecule has 124 valence electrons. The molecule has 2 aromatic heterocycles. The van der Waals surface area contributed by atoms with Gasteiger partial charge >= 0.3 is 0 Å². The smallest absolute Gasteiger partial charge is 0.263 e. The van der Waals surface area contributed by atoms with Crippen molar-refractivity contribution in [2.45, 2.75) is 51.4 Å². The molecule has 7 heteroatoms. The van der Waals surface area contributed by atoms with E-state index in [9.17, 15) is 9.59 Å². The van der Waals surface area contributed by atoms with Gasteiger partial charge in [0.1, 0.15) is 0 Å². The number of nitrogens with zero attached hydrogens (tertiary/aromatic N) is 3. The molecule has 2 aromatic rings. The molecule has 1 N–H and O–H groups in total. The van der Waals surface area contributed by atoms with E-state index in [-0.39, 0.29) is 22.8 Å². The molecule has 0 aromatic carbocycles. The maximum atomic E-state index is 12.5. The highest BCUT2D eigenvalue weighted by atomic mass is 32.2. The Morgan fingerprint density at radius 3 is 2.78 bits per heavy atom. The molecule has 2 heterocycles. The number of carbonyl (C=O) groups excluding carboxylic acids is 1. The molecule has 0 fully saturated rings. The summed E-state index contributed by atoms with van der Waals surface area (Å²) in [4.78, 5) is 33.1. The number of pyridine rings is 1. The first-order chi connectivity index (χ1) is 10.9. The van der Waals surface area contributed by atoms with Gasteiger partial charge in [0.05, 0.1) is 11.1 Å². The van der Waals surface area contributed by atoms with Gasteiger partial charge in [-0.1, -0.05) is 18.7 Å². The molecule has 1 amide bonds. The lowest BCUT2D eigenvalue weighted by Gasteiger charge is -2.24. The van der Waals surface area contributed by atoms with Crippen LogP contribution in [0, 0.1) is 0 Å². The summed E-state index contributed by atoms with van der Waals surface area (Å²) in [6.07, 6.45) is 2.46. The van der Waals surface area contributed by atoms with Gasteiger partial charge in [-0.15, -0.1) is 0 Å². The topological polar surface area (TPSA) is 76.9 Å². The number of thioether (sulfide) groups is 1. The molecule has 0 aliphatic carbocycles. The number of rotatable bonds is 6. The van der Waals surface area contributed by atoms with E-state index in [0.717, 1.165) is 6.42 Å². The summed E-state index contributed by atoms with van der Waals surface area (Å²) in [6, 6.07) is 3.44. The average molecular weight is 334 g/mol. The van der Waals surface area contributed by atoms with Crippen molar-refractivity contribution >= 4 is 28.7 Å². The van der Waals surface area contributed by atoms with Crippen LogP contribution in [0.1, 0.15) is 34.1 Å². The van der Waals surface area contributed by atoms with Crippen LogP contribution in [0.15, 0.2) is 28.3 Å². The second-order valence-corrected chi connectivity index (χ2v) is 6.84. The van der Waals surface area contributed by atoms with Crippen molar-refractivity contribution in [3.05, 3.63) is 28.7 Å². The summed E-state index contributed by atoms with van der Waals surface area (Å²) in [5.41, 5.74) is 0.0573. The molecule has 2 rings (SSSR count). The van der Waals surface area contributed by atoms with E-state index in [0.29, 0.717) is 22.7 Å². The van der Waals surface area contributed by atoms with Gasteiger partial charge in [-0.2, -0.15) is 0 Å². The van der Waals surface area contributed by atoms with Gasteiger partial charge in [0.2, 0.25) is 5.91 Å². The molecule has 0 saturated heterocycles. The fourth-order valence-corrected chi connectivity index (χ4v) is 2.91. The maximum Gasteiger partial charge on any atom is 0.263 e. The fraction of sp³-hybridized carbons (Fsp3) is 0.500. The van der Waals surface area contributed by atoms with E-state index in [1.165, 1.54) is 11.8 Å². The van der Waals surface area contributed by atoms with Crippen molar-refractivity contribution in [3.63, 3.8) is 0 Å². The number of amides is 1. The van der Waals surface area contributed by atoms with Crippen molar-refractivity contribution < 1.29 is 4.79 Å². The Kier molecular flexibility index (Phi) is 5.41. The van der Waals surface area contributed by atoms with Crippen LogP contribution in [0.3, 0.4) is 0 Å². The molecular weight excluding hydrogens is 312 g/mol. The Labute approximate surface area is 139 Å². The van der Waals surface area contributed by atoms with Crippen LogP contribution in [0.4, 0.5) is 0 Å². The summed E-state index contributed by atoms with van der Waals surface area (Å²) < 4.78 is 1.58. The summed E-state index contributed by atoms with van der Waals surface area (Å²) >= 11 is 1.26. The molecule has 0 saturated carbocycles. The third-order valence-electron chi connectivity index (χ3n) is 3.70. The first-order valence-electron chi connectivity index (χ1n) is 7.67. The minimum Gasteiger partial charge on any atom is -0.351 e. The minimum atomic E-state index is -0.236. The Morgan fingerprint density at radius 1 is 1.39 bits per heavy atom. The maximum absolute atomic E-state index is 12.5. The molecule has 0 aliphatic heterocycles. The Hall–Kier alpha value is -1.89. The van der Waals surface area contributed by atoms with Crippen LogP contribution in [0.25, 0.3) is 11.0 Å². The largest absolute Gasteiger partial charge is 0.351 e. The normalized spacial score (nSPS) is 11.7. The predicted octanol–water partition coefficient (Wildman–Crippen LogP) is 2.21.